The summed E-state index contributed by atoms with van der Waals surface area (Å²) in [7, 11) is 1.32. The van der Waals surface area contributed by atoms with Gasteiger partial charge in [0.2, 0.25) is 0 Å². The second-order valence-electron chi connectivity index (χ2n) is 3.89. The number of benzene rings is 1. The van der Waals surface area contributed by atoms with Crippen molar-refractivity contribution in [3.63, 3.8) is 0 Å². The lowest BCUT2D eigenvalue weighted by molar-refractivity contribution is -0.133. The van der Waals surface area contributed by atoms with Gasteiger partial charge in [0.05, 0.1) is 20.3 Å². The monoisotopic (exact) mass is 245 g/mol. The molecule has 0 radical (unpaired) electrons. The first kappa shape index (κ1) is 12.5. The molecule has 0 saturated carbocycles. The molecule has 1 aromatic rings. The van der Waals surface area contributed by atoms with Gasteiger partial charge < -0.3 is 14.4 Å². The van der Waals surface area contributed by atoms with Gasteiger partial charge in [-0.15, -0.1) is 0 Å². The molecule has 94 valence electrons. The van der Waals surface area contributed by atoms with Crippen molar-refractivity contribution in [2.24, 2.45) is 0 Å². The minimum Gasteiger partial charge on any atom is -0.459 e. The van der Waals surface area contributed by atoms with Crippen LogP contribution in [-0.2, 0) is 14.3 Å². The lowest BCUT2D eigenvalue weighted by atomic mass is 10.2. The molecular formula is C14H15NO3. The van der Waals surface area contributed by atoms with E-state index in [0.717, 1.165) is 37.6 Å². The number of hydrogen-bond acceptors (Lipinski definition) is 4. The number of rotatable bonds is 1. The van der Waals surface area contributed by atoms with Gasteiger partial charge in [-0.3, -0.25) is 0 Å². The average Bonchev–Trinajstić information content (AvgIpc) is 2.46. The normalized spacial score (nSPS) is 14.6. The quantitative estimate of drug-likeness (QED) is 0.547. The highest BCUT2D eigenvalue weighted by Crippen LogP contribution is 2.16. The molecule has 1 fully saturated rings. The van der Waals surface area contributed by atoms with Gasteiger partial charge in [0.1, 0.15) is 0 Å². The number of morpholine rings is 1. The summed E-state index contributed by atoms with van der Waals surface area (Å²) in [5.74, 6) is 4.70. The third-order valence-corrected chi connectivity index (χ3v) is 2.72. The number of carbonyl (C=O) groups excluding carboxylic acids is 1. The van der Waals surface area contributed by atoms with Crippen LogP contribution in [0.4, 0.5) is 5.69 Å². The molecule has 0 aliphatic carbocycles. The van der Waals surface area contributed by atoms with Crippen LogP contribution in [0.1, 0.15) is 5.56 Å². The van der Waals surface area contributed by atoms with Crippen LogP contribution >= 0.6 is 0 Å². The van der Waals surface area contributed by atoms with E-state index < -0.39 is 5.97 Å². The number of methoxy groups -OCH3 is 1. The Kier molecular flexibility index (Phi) is 4.21. The molecule has 0 aromatic heterocycles. The number of nitrogens with zero attached hydrogens (tertiary/aromatic N) is 1. The lowest BCUT2D eigenvalue weighted by Crippen LogP contribution is -2.36. The number of esters is 1. The van der Waals surface area contributed by atoms with Gasteiger partial charge in [-0.05, 0) is 18.2 Å². The fraction of sp³-hybridized carbons (Fsp3) is 0.357. The fourth-order valence-electron chi connectivity index (χ4n) is 1.78. The molecule has 4 heteroatoms. The van der Waals surface area contributed by atoms with Gasteiger partial charge in [0.15, 0.2) is 0 Å². The van der Waals surface area contributed by atoms with Crippen molar-refractivity contribution in [2.45, 2.75) is 0 Å². The third-order valence-electron chi connectivity index (χ3n) is 2.72. The Morgan fingerprint density at radius 3 is 2.89 bits per heavy atom. The first-order valence-corrected chi connectivity index (χ1v) is 5.82. The predicted octanol–water partition coefficient (Wildman–Crippen LogP) is 1.05. The number of ether oxygens (including phenoxy) is 2. The zero-order valence-corrected chi connectivity index (χ0v) is 10.3. The highest BCUT2D eigenvalue weighted by molar-refractivity contribution is 5.89. The maximum absolute atomic E-state index is 10.9. The predicted molar refractivity (Wildman–Crippen MR) is 68.4 cm³/mol. The van der Waals surface area contributed by atoms with Crippen molar-refractivity contribution in [3.05, 3.63) is 29.8 Å². The van der Waals surface area contributed by atoms with Crippen LogP contribution in [0.3, 0.4) is 0 Å². The van der Waals surface area contributed by atoms with Crippen molar-refractivity contribution in [1.29, 1.82) is 0 Å². The maximum Gasteiger partial charge on any atom is 0.384 e. The smallest absolute Gasteiger partial charge is 0.384 e. The highest BCUT2D eigenvalue weighted by Gasteiger charge is 2.10. The zero-order valence-electron chi connectivity index (χ0n) is 10.3. The third kappa shape index (κ3) is 3.25. The average molecular weight is 245 g/mol. The molecule has 1 heterocycles. The van der Waals surface area contributed by atoms with Gasteiger partial charge in [0, 0.05) is 30.3 Å². The van der Waals surface area contributed by atoms with Crippen molar-refractivity contribution < 1.29 is 14.3 Å². The van der Waals surface area contributed by atoms with Gasteiger partial charge in [0.25, 0.3) is 0 Å². The van der Waals surface area contributed by atoms with E-state index in [1.807, 2.05) is 24.3 Å². The van der Waals surface area contributed by atoms with Crippen LogP contribution in [0, 0.1) is 11.8 Å². The van der Waals surface area contributed by atoms with Crippen molar-refractivity contribution in [3.8, 4) is 11.8 Å². The first-order chi connectivity index (χ1) is 8.79. The van der Waals surface area contributed by atoms with Crippen molar-refractivity contribution in [1.82, 2.24) is 0 Å². The molecule has 1 aromatic carbocycles. The lowest BCUT2D eigenvalue weighted by Gasteiger charge is -2.28. The minimum absolute atomic E-state index is 0.522. The van der Waals surface area contributed by atoms with Gasteiger partial charge in [-0.2, -0.15) is 0 Å². The van der Waals surface area contributed by atoms with Gasteiger partial charge in [-0.25, -0.2) is 4.79 Å². The van der Waals surface area contributed by atoms with E-state index in [1.54, 1.807) is 0 Å². The number of carbonyl (C=O) groups is 1. The van der Waals surface area contributed by atoms with Crippen molar-refractivity contribution >= 4 is 11.7 Å². The molecule has 4 nitrogen and oxygen atoms in total. The standard InChI is InChI=1S/C14H15NO3/c1-17-14(16)6-5-12-3-2-4-13(11-12)15-7-9-18-10-8-15/h2-4,11H,7-10H2,1H3. The van der Waals surface area contributed by atoms with E-state index in [1.165, 1.54) is 7.11 Å². The fourth-order valence-corrected chi connectivity index (χ4v) is 1.78. The van der Waals surface area contributed by atoms with Crippen LogP contribution < -0.4 is 4.90 Å². The van der Waals surface area contributed by atoms with E-state index >= 15 is 0 Å². The second-order valence-corrected chi connectivity index (χ2v) is 3.89. The summed E-state index contributed by atoms with van der Waals surface area (Å²) in [6.45, 7) is 3.26. The summed E-state index contributed by atoms with van der Waals surface area (Å²) in [5, 5.41) is 0. The van der Waals surface area contributed by atoms with Gasteiger partial charge in [-0.1, -0.05) is 12.0 Å². The molecule has 18 heavy (non-hydrogen) atoms. The molecule has 0 amide bonds. The number of hydrogen-bond donors (Lipinski definition) is 0. The Morgan fingerprint density at radius 2 is 2.17 bits per heavy atom. The van der Waals surface area contributed by atoms with Crippen LogP contribution in [0.5, 0.6) is 0 Å². The topological polar surface area (TPSA) is 38.8 Å². The Morgan fingerprint density at radius 1 is 1.39 bits per heavy atom. The van der Waals surface area contributed by atoms with Gasteiger partial charge >= 0.3 is 5.97 Å². The summed E-state index contributed by atoms with van der Waals surface area (Å²) < 4.78 is 9.79. The van der Waals surface area contributed by atoms with Crippen molar-refractivity contribution in [2.75, 3.05) is 38.3 Å². The molecule has 0 atom stereocenters. The molecule has 0 spiro atoms. The van der Waals surface area contributed by atoms with E-state index in [4.69, 9.17) is 4.74 Å². The van der Waals surface area contributed by atoms with E-state index in [2.05, 4.69) is 21.5 Å². The molecule has 0 N–H and O–H groups in total. The molecule has 1 saturated heterocycles. The Balaban J connectivity index is 2.13. The summed E-state index contributed by atoms with van der Waals surface area (Å²) in [6, 6.07) is 7.82. The Bertz CT molecular complexity index is 481. The number of anilines is 1. The summed E-state index contributed by atoms with van der Waals surface area (Å²) >= 11 is 0. The Labute approximate surface area is 106 Å². The van der Waals surface area contributed by atoms with Crippen LogP contribution in [0.25, 0.3) is 0 Å². The van der Waals surface area contributed by atoms with Crippen LogP contribution in [-0.4, -0.2) is 39.4 Å². The highest BCUT2D eigenvalue weighted by atomic mass is 16.5. The molecule has 1 aliphatic rings. The molecule has 0 unspecified atom stereocenters. The molecule has 2 rings (SSSR count). The van der Waals surface area contributed by atoms with E-state index in [0.29, 0.717) is 0 Å². The summed E-state index contributed by atoms with van der Waals surface area (Å²) in [4.78, 5) is 13.2. The van der Waals surface area contributed by atoms with E-state index in [-0.39, 0.29) is 0 Å². The minimum atomic E-state index is -0.522. The molecule has 1 aliphatic heterocycles. The van der Waals surface area contributed by atoms with E-state index in [9.17, 15) is 4.79 Å². The summed E-state index contributed by atoms with van der Waals surface area (Å²) in [5.41, 5.74) is 1.92. The van der Waals surface area contributed by atoms with Crippen LogP contribution in [0.15, 0.2) is 24.3 Å². The summed E-state index contributed by atoms with van der Waals surface area (Å²) in [6.07, 6.45) is 0. The largest absolute Gasteiger partial charge is 0.459 e. The molecule has 0 bridgehead atoms. The SMILES string of the molecule is COC(=O)C#Cc1cccc(N2CCOCC2)c1. The second kappa shape index (κ2) is 6.08. The maximum atomic E-state index is 10.9. The molecular weight excluding hydrogens is 230 g/mol. The van der Waals surface area contributed by atoms with Crippen LogP contribution in [0.2, 0.25) is 0 Å². The Hall–Kier alpha value is -1.99. The zero-order chi connectivity index (χ0) is 12.8. The first-order valence-electron chi connectivity index (χ1n) is 5.82.